The number of carbonyl (C=O) groups excluding carboxylic acids is 1. The first-order valence-electron chi connectivity index (χ1n) is 20.4. The van der Waals surface area contributed by atoms with Crippen LogP contribution in [0.2, 0.25) is 0 Å². The molecule has 0 aromatic heterocycles. The van der Waals surface area contributed by atoms with E-state index in [0.29, 0.717) is 13.0 Å². The van der Waals surface area contributed by atoms with E-state index in [2.05, 4.69) is 38.2 Å². The predicted octanol–water partition coefficient (Wildman–Crippen LogP) is 8.25. The molecule has 1 rings (SSSR count). The molecule has 50 heavy (non-hydrogen) atoms. The molecule has 0 aromatic rings. The number of carbonyl (C=O) groups is 1. The van der Waals surface area contributed by atoms with E-state index >= 15 is 0 Å². The quantitative estimate of drug-likeness (QED) is 0.0296. The molecule has 0 spiro atoms. The van der Waals surface area contributed by atoms with Crippen LogP contribution in [0.3, 0.4) is 0 Å². The zero-order valence-corrected chi connectivity index (χ0v) is 31.9. The highest BCUT2D eigenvalue weighted by Crippen LogP contribution is 2.22. The Kier molecular flexibility index (Phi) is 31.3. The monoisotopic (exact) mass is 713 g/mol. The van der Waals surface area contributed by atoms with Crippen molar-refractivity contribution in [3.8, 4) is 0 Å². The SMILES string of the molecule is CCCCC/C=C\C/C=C\CCCCCCCCCCCC(=O)OC(COCCCCCCCCCC)COC1OC(CO)C(O)C(O)C1O. The van der Waals surface area contributed by atoms with Gasteiger partial charge in [0, 0.05) is 13.0 Å². The van der Waals surface area contributed by atoms with E-state index in [1.807, 2.05) is 0 Å². The summed E-state index contributed by atoms with van der Waals surface area (Å²) in [4.78, 5) is 12.7. The van der Waals surface area contributed by atoms with Gasteiger partial charge in [-0.1, -0.05) is 141 Å². The van der Waals surface area contributed by atoms with Crippen molar-refractivity contribution in [3.05, 3.63) is 24.3 Å². The van der Waals surface area contributed by atoms with E-state index in [-0.39, 0.29) is 19.2 Å². The van der Waals surface area contributed by atoms with Crippen molar-refractivity contribution in [1.29, 1.82) is 0 Å². The standard InChI is InChI=1S/C41H76O9/c1-3-5-7-9-11-13-14-15-16-17-18-19-20-21-22-23-24-26-28-30-37(43)49-35(33-47-31-29-27-25-12-10-8-6-4-2)34-48-41-40(46)39(45)38(44)36(32-42)50-41/h11,13,15-16,35-36,38-42,44-46H,3-10,12,14,17-34H2,1-2H3/b13-11-,16-15-. The summed E-state index contributed by atoms with van der Waals surface area (Å²) in [5.74, 6) is -0.319. The van der Waals surface area contributed by atoms with Crippen molar-refractivity contribution in [2.75, 3.05) is 26.4 Å². The van der Waals surface area contributed by atoms with Gasteiger partial charge in [0.05, 0.1) is 19.8 Å². The molecule has 0 saturated carbocycles. The largest absolute Gasteiger partial charge is 0.457 e. The molecule has 9 heteroatoms. The molecule has 9 nitrogen and oxygen atoms in total. The van der Waals surface area contributed by atoms with Gasteiger partial charge in [0.1, 0.15) is 30.5 Å². The van der Waals surface area contributed by atoms with E-state index in [1.165, 1.54) is 109 Å². The zero-order valence-electron chi connectivity index (χ0n) is 31.9. The molecule has 0 bridgehead atoms. The summed E-state index contributed by atoms with van der Waals surface area (Å²) in [7, 11) is 0. The molecule has 1 saturated heterocycles. The number of allylic oxidation sites excluding steroid dienone is 4. The van der Waals surface area contributed by atoms with Gasteiger partial charge in [-0.3, -0.25) is 4.79 Å². The summed E-state index contributed by atoms with van der Waals surface area (Å²) >= 11 is 0. The number of ether oxygens (including phenoxy) is 4. The Morgan fingerprint density at radius 1 is 0.640 bits per heavy atom. The van der Waals surface area contributed by atoms with Crippen LogP contribution in [0.1, 0.15) is 168 Å². The molecule has 1 fully saturated rings. The van der Waals surface area contributed by atoms with Crippen molar-refractivity contribution in [1.82, 2.24) is 0 Å². The van der Waals surface area contributed by atoms with Crippen LogP contribution in [-0.4, -0.2) is 89.6 Å². The summed E-state index contributed by atoms with van der Waals surface area (Å²) in [6, 6.07) is 0. The predicted molar refractivity (Wildman–Crippen MR) is 201 cm³/mol. The highest BCUT2D eigenvalue weighted by molar-refractivity contribution is 5.69. The minimum Gasteiger partial charge on any atom is -0.457 e. The highest BCUT2D eigenvalue weighted by atomic mass is 16.7. The van der Waals surface area contributed by atoms with Gasteiger partial charge in [-0.25, -0.2) is 0 Å². The lowest BCUT2D eigenvalue weighted by atomic mass is 9.99. The number of unbranched alkanes of at least 4 members (excludes halogenated alkanes) is 19. The number of aliphatic hydroxyl groups excluding tert-OH is 4. The van der Waals surface area contributed by atoms with Crippen molar-refractivity contribution >= 4 is 5.97 Å². The summed E-state index contributed by atoms with van der Waals surface area (Å²) < 4.78 is 22.7. The van der Waals surface area contributed by atoms with Gasteiger partial charge in [-0.2, -0.15) is 0 Å². The Morgan fingerprint density at radius 2 is 1.16 bits per heavy atom. The summed E-state index contributed by atoms with van der Waals surface area (Å²) in [6.45, 7) is 4.50. The lowest BCUT2D eigenvalue weighted by Crippen LogP contribution is -2.59. The summed E-state index contributed by atoms with van der Waals surface area (Å²) in [6.07, 6.45) is 29.2. The third-order valence-electron chi connectivity index (χ3n) is 9.37. The zero-order chi connectivity index (χ0) is 36.5. The van der Waals surface area contributed by atoms with E-state index in [1.54, 1.807) is 0 Å². The summed E-state index contributed by atoms with van der Waals surface area (Å²) in [5.41, 5.74) is 0. The third kappa shape index (κ3) is 24.8. The Labute approximate surface area is 305 Å². The lowest BCUT2D eigenvalue weighted by Gasteiger charge is -2.39. The van der Waals surface area contributed by atoms with Crippen LogP contribution in [0.25, 0.3) is 0 Å². The number of esters is 1. The average molecular weight is 713 g/mol. The molecule has 1 aliphatic heterocycles. The van der Waals surface area contributed by atoms with Crippen LogP contribution >= 0.6 is 0 Å². The smallest absolute Gasteiger partial charge is 0.306 e. The van der Waals surface area contributed by atoms with E-state index in [9.17, 15) is 25.2 Å². The van der Waals surface area contributed by atoms with Gasteiger partial charge < -0.3 is 39.4 Å². The average Bonchev–Trinajstić information content (AvgIpc) is 3.11. The normalized spacial score (nSPS) is 21.8. The molecule has 6 atom stereocenters. The molecular formula is C41H76O9. The number of hydrogen-bond donors (Lipinski definition) is 4. The molecule has 0 amide bonds. The third-order valence-corrected chi connectivity index (χ3v) is 9.37. The Hall–Kier alpha value is -1.33. The van der Waals surface area contributed by atoms with Crippen molar-refractivity contribution in [2.45, 2.75) is 205 Å². The molecule has 0 aliphatic carbocycles. The Morgan fingerprint density at radius 3 is 1.76 bits per heavy atom. The van der Waals surface area contributed by atoms with Gasteiger partial charge >= 0.3 is 5.97 Å². The van der Waals surface area contributed by atoms with E-state index in [4.69, 9.17) is 18.9 Å². The van der Waals surface area contributed by atoms with E-state index < -0.39 is 43.4 Å². The second-order valence-electron chi connectivity index (χ2n) is 14.1. The fourth-order valence-electron chi connectivity index (χ4n) is 6.11. The van der Waals surface area contributed by atoms with Crippen LogP contribution in [0, 0.1) is 0 Å². The Balaban J connectivity index is 2.25. The molecule has 294 valence electrons. The summed E-state index contributed by atoms with van der Waals surface area (Å²) in [5, 5.41) is 39.9. The Bertz CT molecular complexity index is 818. The molecule has 0 aromatic carbocycles. The van der Waals surface area contributed by atoms with E-state index in [0.717, 1.165) is 38.5 Å². The first-order valence-corrected chi connectivity index (χ1v) is 20.4. The van der Waals surface area contributed by atoms with Crippen LogP contribution in [0.4, 0.5) is 0 Å². The van der Waals surface area contributed by atoms with Crippen molar-refractivity contribution in [2.24, 2.45) is 0 Å². The van der Waals surface area contributed by atoms with Gasteiger partial charge in [-0.15, -0.1) is 0 Å². The second kappa shape index (κ2) is 33.5. The molecule has 0 radical (unpaired) electrons. The number of rotatable bonds is 34. The first kappa shape index (κ1) is 46.7. The molecule has 6 unspecified atom stereocenters. The highest BCUT2D eigenvalue weighted by Gasteiger charge is 2.44. The lowest BCUT2D eigenvalue weighted by molar-refractivity contribution is -0.305. The maximum absolute atomic E-state index is 12.7. The maximum atomic E-state index is 12.7. The van der Waals surface area contributed by atoms with Gasteiger partial charge in [0.2, 0.25) is 0 Å². The van der Waals surface area contributed by atoms with Crippen LogP contribution in [-0.2, 0) is 23.7 Å². The maximum Gasteiger partial charge on any atom is 0.306 e. The topological polar surface area (TPSA) is 135 Å². The second-order valence-corrected chi connectivity index (χ2v) is 14.1. The molecule has 4 N–H and O–H groups in total. The van der Waals surface area contributed by atoms with Crippen LogP contribution in [0.15, 0.2) is 24.3 Å². The number of hydrogen-bond acceptors (Lipinski definition) is 9. The minimum absolute atomic E-state index is 0.112. The van der Waals surface area contributed by atoms with Gasteiger partial charge in [0.25, 0.3) is 0 Å². The number of aliphatic hydroxyl groups is 4. The first-order chi connectivity index (χ1) is 24.4. The van der Waals surface area contributed by atoms with Crippen molar-refractivity contribution in [3.63, 3.8) is 0 Å². The molecule has 1 heterocycles. The fraction of sp³-hybridized carbons (Fsp3) is 0.878. The van der Waals surface area contributed by atoms with Gasteiger partial charge in [-0.05, 0) is 44.9 Å². The minimum atomic E-state index is -1.53. The van der Waals surface area contributed by atoms with Crippen molar-refractivity contribution < 1.29 is 44.2 Å². The fourth-order valence-corrected chi connectivity index (χ4v) is 6.11. The molecule has 1 aliphatic rings. The van der Waals surface area contributed by atoms with Crippen LogP contribution < -0.4 is 0 Å². The molecular weight excluding hydrogens is 636 g/mol. The van der Waals surface area contributed by atoms with Crippen LogP contribution in [0.5, 0.6) is 0 Å². The van der Waals surface area contributed by atoms with Gasteiger partial charge in [0.15, 0.2) is 6.29 Å².